The Labute approximate surface area is 122 Å². The maximum Gasteiger partial charge on any atom is 0.244 e. The van der Waals surface area contributed by atoms with Crippen molar-refractivity contribution in [2.24, 2.45) is 0 Å². The van der Waals surface area contributed by atoms with Crippen LogP contribution in [-0.2, 0) is 11.3 Å². The van der Waals surface area contributed by atoms with Crippen LogP contribution >= 0.6 is 15.9 Å². The molecule has 5 nitrogen and oxygen atoms in total. The number of nitrogens with two attached hydrogens (primary N) is 1. The minimum absolute atomic E-state index is 0.0134. The molecule has 0 spiro atoms. The van der Waals surface area contributed by atoms with Crippen LogP contribution in [0.15, 0.2) is 45.9 Å². The summed E-state index contributed by atoms with van der Waals surface area (Å²) in [5.41, 5.74) is 5.75. The molecule has 20 heavy (non-hydrogen) atoms. The molecule has 1 amide bonds. The van der Waals surface area contributed by atoms with E-state index in [1.165, 1.54) is 41.2 Å². The van der Waals surface area contributed by atoms with E-state index in [2.05, 4.69) is 21.2 Å². The third-order valence-corrected chi connectivity index (χ3v) is 3.08. The Hall–Kier alpha value is -2.15. The monoisotopic (exact) mass is 339 g/mol. The summed E-state index contributed by atoms with van der Waals surface area (Å²) in [6.07, 6.45) is 2.86. The summed E-state index contributed by atoms with van der Waals surface area (Å²) in [6, 6.07) is 5.43. The topological polar surface area (TPSA) is 77.1 Å². The van der Waals surface area contributed by atoms with Crippen molar-refractivity contribution in [1.29, 1.82) is 0 Å². The number of pyridine rings is 1. The zero-order chi connectivity index (χ0) is 14.7. The Morgan fingerprint density at radius 1 is 1.30 bits per heavy atom. The van der Waals surface area contributed by atoms with Gasteiger partial charge in [-0.15, -0.1) is 0 Å². The lowest BCUT2D eigenvalue weighted by atomic mass is 10.3. The van der Waals surface area contributed by atoms with Crippen LogP contribution in [0.3, 0.4) is 0 Å². The summed E-state index contributed by atoms with van der Waals surface area (Å²) in [4.78, 5) is 23.2. The minimum Gasteiger partial charge on any atom is -0.394 e. The first-order chi connectivity index (χ1) is 9.45. The van der Waals surface area contributed by atoms with Crippen molar-refractivity contribution in [3.63, 3.8) is 0 Å². The van der Waals surface area contributed by atoms with Crippen molar-refractivity contribution in [3.8, 4) is 0 Å². The van der Waals surface area contributed by atoms with E-state index in [1.807, 2.05) is 0 Å². The molecule has 0 saturated carbocycles. The predicted molar refractivity (Wildman–Crippen MR) is 77.8 cm³/mol. The van der Waals surface area contributed by atoms with E-state index >= 15 is 0 Å². The number of carbonyl (C=O) groups excluding carboxylic acids is 1. The highest BCUT2D eigenvalue weighted by Crippen LogP contribution is 2.09. The molecular formula is C13H11BrFN3O2. The lowest BCUT2D eigenvalue weighted by Crippen LogP contribution is -2.21. The first-order valence-electron chi connectivity index (χ1n) is 5.66. The first kappa shape index (κ1) is 14.3. The van der Waals surface area contributed by atoms with Crippen molar-refractivity contribution >= 4 is 33.2 Å². The zero-order valence-corrected chi connectivity index (χ0v) is 11.9. The Bertz CT molecular complexity index is 672. The molecule has 0 unspecified atom stereocenters. The molecule has 0 fully saturated rings. The third kappa shape index (κ3) is 3.45. The molecule has 0 bridgehead atoms. The normalized spacial score (nSPS) is 10.3. The molecule has 1 heterocycles. The number of benzene rings is 1. The van der Waals surface area contributed by atoms with Gasteiger partial charge >= 0.3 is 0 Å². The Morgan fingerprint density at radius 3 is 2.55 bits per heavy atom. The molecule has 2 aromatic rings. The van der Waals surface area contributed by atoms with Gasteiger partial charge in [0.1, 0.15) is 12.4 Å². The van der Waals surface area contributed by atoms with E-state index in [1.54, 1.807) is 0 Å². The number of nitrogen functional groups attached to an aromatic ring is 1. The number of anilines is 2. The molecule has 0 radical (unpaired) electrons. The molecule has 1 aromatic heterocycles. The number of nitrogens with zero attached hydrogens (tertiary/aromatic N) is 1. The van der Waals surface area contributed by atoms with Crippen molar-refractivity contribution < 1.29 is 9.18 Å². The van der Waals surface area contributed by atoms with E-state index < -0.39 is 0 Å². The number of hydrogen-bond donors (Lipinski definition) is 2. The van der Waals surface area contributed by atoms with Crippen molar-refractivity contribution in [2.45, 2.75) is 6.54 Å². The van der Waals surface area contributed by atoms with Gasteiger partial charge in [-0.3, -0.25) is 9.59 Å². The van der Waals surface area contributed by atoms with Crippen molar-refractivity contribution in [3.05, 3.63) is 57.2 Å². The summed E-state index contributed by atoms with van der Waals surface area (Å²) in [6.45, 7) is -0.0134. The molecule has 3 N–H and O–H groups in total. The van der Waals surface area contributed by atoms with Gasteiger partial charge < -0.3 is 15.6 Å². The number of halogens is 2. The summed E-state index contributed by atoms with van der Waals surface area (Å²) >= 11 is 3.07. The quantitative estimate of drug-likeness (QED) is 0.897. The summed E-state index contributed by atoms with van der Waals surface area (Å²) < 4.78 is 14.5. The van der Waals surface area contributed by atoms with Crippen molar-refractivity contribution in [2.75, 3.05) is 11.1 Å². The predicted octanol–water partition coefficient (Wildman–Crippen LogP) is 1.97. The molecular weight excluding hydrogens is 329 g/mol. The summed E-state index contributed by atoms with van der Waals surface area (Å²) in [5, 5.41) is 2.61. The fourth-order valence-electron chi connectivity index (χ4n) is 1.61. The highest BCUT2D eigenvalue weighted by atomic mass is 79.9. The van der Waals surface area contributed by atoms with Crippen LogP contribution in [-0.4, -0.2) is 10.5 Å². The van der Waals surface area contributed by atoms with Crippen LogP contribution in [0.1, 0.15) is 0 Å². The molecule has 0 saturated heterocycles. The largest absolute Gasteiger partial charge is 0.394 e. The van der Waals surface area contributed by atoms with Gasteiger partial charge in [-0.2, -0.15) is 0 Å². The maximum absolute atomic E-state index is 12.7. The number of amides is 1. The number of nitrogens with one attached hydrogen (secondary N) is 1. The lowest BCUT2D eigenvalue weighted by Gasteiger charge is -2.09. The van der Waals surface area contributed by atoms with E-state index in [-0.39, 0.29) is 33.9 Å². The average Bonchev–Trinajstić information content (AvgIpc) is 2.38. The first-order valence-corrected chi connectivity index (χ1v) is 6.45. The van der Waals surface area contributed by atoms with E-state index in [0.717, 1.165) is 0 Å². The second-order valence-electron chi connectivity index (χ2n) is 4.12. The SMILES string of the molecule is Nc1cn(CC(=O)Nc2ccc(F)cc2)cc(Br)c1=O. The lowest BCUT2D eigenvalue weighted by molar-refractivity contribution is -0.116. The molecule has 0 atom stereocenters. The minimum atomic E-state index is -0.375. The van der Waals surface area contributed by atoms with Gasteiger partial charge in [0, 0.05) is 18.1 Å². The number of rotatable bonds is 3. The van der Waals surface area contributed by atoms with Crippen LogP contribution in [0.5, 0.6) is 0 Å². The Morgan fingerprint density at radius 2 is 1.95 bits per heavy atom. The number of carbonyl (C=O) groups is 1. The van der Waals surface area contributed by atoms with Crippen LogP contribution in [0.25, 0.3) is 0 Å². The van der Waals surface area contributed by atoms with Crippen molar-refractivity contribution in [1.82, 2.24) is 4.57 Å². The van der Waals surface area contributed by atoms with Gasteiger partial charge in [-0.1, -0.05) is 0 Å². The molecule has 104 valence electrons. The van der Waals surface area contributed by atoms with Gasteiger partial charge in [0.15, 0.2) is 0 Å². The van der Waals surface area contributed by atoms with Gasteiger partial charge in [0.05, 0.1) is 10.2 Å². The van der Waals surface area contributed by atoms with Crippen LogP contribution in [0, 0.1) is 5.82 Å². The molecule has 1 aromatic carbocycles. The fraction of sp³-hybridized carbons (Fsp3) is 0.0769. The van der Waals surface area contributed by atoms with Gasteiger partial charge in [0.25, 0.3) is 0 Å². The van der Waals surface area contributed by atoms with Crippen LogP contribution in [0.4, 0.5) is 15.8 Å². The molecule has 7 heteroatoms. The number of hydrogen-bond acceptors (Lipinski definition) is 3. The van der Waals surface area contributed by atoms with Gasteiger partial charge in [0.2, 0.25) is 11.3 Å². The Balaban J connectivity index is 2.08. The standard InChI is InChI=1S/C13H11BrFN3O2/c14-10-5-18(6-11(16)13(10)20)7-12(19)17-9-3-1-8(15)2-4-9/h1-6H,7,16H2,(H,17,19). The van der Waals surface area contributed by atoms with E-state index in [0.29, 0.717) is 5.69 Å². The summed E-state index contributed by atoms with van der Waals surface area (Å²) in [5.74, 6) is -0.688. The second-order valence-corrected chi connectivity index (χ2v) is 4.97. The smallest absolute Gasteiger partial charge is 0.244 e. The van der Waals surface area contributed by atoms with Gasteiger partial charge in [-0.25, -0.2) is 4.39 Å². The molecule has 0 aliphatic carbocycles. The second kappa shape index (κ2) is 5.87. The van der Waals surface area contributed by atoms with E-state index in [4.69, 9.17) is 5.73 Å². The highest BCUT2D eigenvalue weighted by molar-refractivity contribution is 9.10. The summed E-state index contributed by atoms with van der Waals surface area (Å²) in [7, 11) is 0. The van der Waals surface area contributed by atoms with Crippen LogP contribution in [0.2, 0.25) is 0 Å². The van der Waals surface area contributed by atoms with Crippen LogP contribution < -0.4 is 16.5 Å². The molecule has 0 aliphatic heterocycles. The average molecular weight is 340 g/mol. The highest BCUT2D eigenvalue weighted by Gasteiger charge is 2.07. The molecule has 2 rings (SSSR count). The third-order valence-electron chi connectivity index (χ3n) is 2.52. The molecule has 0 aliphatic rings. The number of aromatic nitrogens is 1. The van der Waals surface area contributed by atoms with Gasteiger partial charge in [-0.05, 0) is 40.2 Å². The Kier molecular flexibility index (Phi) is 4.19. The fourth-order valence-corrected chi connectivity index (χ4v) is 2.10. The maximum atomic E-state index is 12.7. The zero-order valence-electron chi connectivity index (χ0n) is 10.3. The van der Waals surface area contributed by atoms with E-state index in [9.17, 15) is 14.0 Å².